The van der Waals surface area contributed by atoms with Crippen molar-refractivity contribution in [2.24, 2.45) is 5.92 Å². The number of nitrogens with zero attached hydrogens (tertiary/aromatic N) is 3. The number of hydrogen-bond donors (Lipinski definition) is 3. The van der Waals surface area contributed by atoms with Gasteiger partial charge in [0.15, 0.2) is 23.0 Å². The Morgan fingerprint density at radius 2 is 1.77 bits per heavy atom. The SMILES string of the molecule is COc1cc2c(c(OC)c1OC)-c1ccc(N[C@H](C)C(=O)N[C@@H](CC(C)C)c3nnc4ccccn34)c(=O)cc1[C@H](NC(C)=O)CC2. The first kappa shape index (κ1) is 33.2. The molecular weight excluding hydrogens is 600 g/mol. The number of nitrogens with one attached hydrogen (secondary N) is 3. The average molecular weight is 643 g/mol. The highest BCUT2D eigenvalue weighted by Crippen LogP contribution is 2.50. The molecule has 47 heavy (non-hydrogen) atoms. The second kappa shape index (κ2) is 14.1. The lowest BCUT2D eigenvalue weighted by atomic mass is 9.95. The second-order valence-electron chi connectivity index (χ2n) is 12.1. The number of hydrogen-bond acceptors (Lipinski definition) is 9. The molecule has 0 aliphatic heterocycles. The molecule has 0 saturated heterocycles. The van der Waals surface area contributed by atoms with Gasteiger partial charge in [-0.05, 0) is 79.1 Å². The Morgan fingerprint density at radius 1 is 1.00 bits per heavy atom. The van der Waals surface area contributed by atoms with Crippen molar-refractivity contribution in [1.29, 1.82) is 0 Å². The van der Waals surface area contributed by atoms with Crippen molar-refractivity contribution in [3.63, 3.8) is 0 Å². The first-order valence-corrected chi connectivity index (χ1v) is 15.7. The fraction of sp³-hybridized carbons (Fsp3) is 0.400. The summed E-state index contributed by atoms with van der Waals surface area (Å²) in [6.45, 7) is 7.31. The van der Waals surface area contributed by atoms with Crippen LogP contribution in [0.25, 0.3) is 16.8 Å². The molecule has 0 bridgehead atoms. The second-order valence-corrected chi connectivity index (χ2v) is 12.1. The lowest BCUT2D eigenvalue weighted by molar-refractivity contribution is -0.122. The Kier molecular flexibility index (Phi) is 9.97. The molecule has 0 radical (unpaired) electrons. The van der Waals surface area contributed by atoms with Crippen LogP contribution in [0.5, 0.6) is 17.2 Å². The lowest BCUT2D eigenvalue weighted by Gasteiger charge is -2.22. The van der Waals surface area contributed by atoms with Gasteiger partial charge >= 0.3 is 0 Å². The average Bonchev–Trinajstić information content (AvgIpc) is 3.34. The van der Waals surface area contributed by atoms with Gasteiger partial charge in [-0.15, -0.1) is 10.2 Å². The monoisotopic (exact) mass is 642 g/mol. The fourth-order valence-corrected chi connectivity index (χ4v) is 6.22. The highest BCUT2D eigenvalue weighted by molar-refractivity contribution is 5.86. The Balaban J connectivity index is 1.52. The van der Waals surface area contributed by atoms with Crippen molar-refractivity contribution < 1.29 is 23.8 Å². The van der Waals surface area contributed by atoms with Gasteiger partial charge in [0.25, 0.3) is 0 Å². The van der Waals surface area contributed by atoms with E-state index in [0.29, 0.717) is 59.1 Å². The molecule has 2 heterocycles. The minimum atomic E-state index is -0.768. The van der Waals surface area contributed by atoms with Crippen LogP contribution in [0.15, 0.2) is 53.5 Å². The Hall–Kier alpha value is -5.13. The summed E-state index contributed by atoms with van der Waals surface area (Å²) in [7, 11) is 4.65. The molecule has 1 aliphatic rings. The summed E-state index contributed by atoms with van der Waals surface area (Å²) in [6, 6.07) is 10.9. The molecule has 2 aromatic heterocycles. The van der Waals surface area contributed by atoms with Crippen LogP contribution in [-0.2, 0) is 16.0 Å². The number of methoxy groups -OCH3 is 3. The van der Waals surface area contributed by atoms with Crippen LogP contribution in [0.3, 0.4) is 0 Å². The quantitative estimate of drug-likeness (QED) is 0.214. The third kappa shape index (κ3) is 6.86. The molecule has 0 unspecified atom stereocenters. The summed E-state index contributed by atoms with van der Waals surface area (Å²) in [5, 5.41) is 17.9. The number of rotatable bonds is 11. The Labute approximate surface area is 273 Å². The van der Waals surface area contributed by atoms with Crippen molar-refractivity contribution in [3.8, 4) is 28.4 Å². The number of anilines is 1. The predicted octanol–water partition coefficient (Wildman–Crippen LogP) is 4.61. The number of aromatic nitrogens is 3. The maximum atomic E-state index is 13.8. The first-order chi connectivity index (χ1) is 22.6. The summed E-state index contributed by atoms with van der Waals surface area (Å²) in [5.41, 5.74) is 3.60. The third-order valence-electron chi connectivity index (χ3n) is 8.36. The summed E-state index contributed by atoms with van der Waals surface area (Å²) in [4.78, 5) is 39.6. The highest BCUT2D eigenvalue weighted by atomic mass is 16.5. The van der Waals surface area contributed by atoms with Gasteiger partial charge in [-0.2, -0.15) is 0 Å². The summed E-state index contributed by atoms with van der Waals surface area (Å²) in [5.74, 6) is 1.80. The zero-order chi connectivity index (χ0) is 33.8. The molecule has 12 heteroatoms. The molecule has 2 amide bonds. The molecule has 3 atom stereocenters. The number of fused-ring (bicyclic) bond motifs is 4. The van der Waals surface area contributed by atoms with Gasteiger partial charge in [0.2, 0.25) is 23.0 Å². The number of pyridine rings is 1. The maximum Gasteiger partial charge on any atom is 0.242 e. The van der Waals surface area contributed by atoms with E-state index in [4.69, 9.17) is 14.2 Å². The molecule has 0 spiro atoms. The predicted molar refractivity (Wildman–Crippen MR) is 179 cm³/mol. The number of aryl methyl sites for hydroxylation is 1. The normalized spacial score (nSPS) is 15.1. The van der Waals surface area contributed by atoms with Gasteiger partial charge in [0, 0.05) is 18.7 Å². The van der Waals surface area contributed by atoms with E-state index < -0.39 is 18.1 Å². The van der Waals surface area contributed by atoms with Crippen LogP contribution < -0.4 is 35.6 Å². The Bertz CT molecular complexity index is 1850. The van der Waals surface area contributed by atoms with Gasteiger partial charge in [-0.1, -0.05) is 26.0 Å². The lowest BCUT2D eigenvalue weighted by Crippen LogP contribution is -2.41. The van der Waals surface area contributed by atoms with E-state index in [-0.39, 0.29) is 28.8 Å². The molecule has 3 N–H and O–H groups in total. The van der Waals surface area contributed by atoms with Crippen LogP contribution in [0.4, 0.5) is 5.69 Å². The van der Waals surface area contributed by atoms with E-state index in [2.05, 4.69) is 40.0 Å². The maximum absolute atomic E-state index is 13.8. The van der Waals surface area contributed by atoms with Crippen LogP contribution in [0.2, 0.25) is 0 Å². The molecule has 5 rings (SSSR count). The van der Waals surface area contributed by atoms with Gasteiger partial charge in [0.05, 0.1) is 39.1 Å². The zero-order valence-corrected chi connectivity index (χ0v) is 27.8. The molecule has 1 aliphatic carbocycles. The smallest absolute Gasteiger partial charge is 0.242 e. The summed E-state index contributed by atoms with van der Waals surface area (Å²) >= 11 is 0. The molecular formula is C35H42N6O6. The number of benzene rings is 1. The molecule has 0 saturated carbocycles. The summed E-state index contributed by atoms with van der Waals surface area (Å²) < 4.78 is 19.0. The van der Waals surface area contributed by atoms with Crippen LogP contribution in [-0.4, -0.2) is 53.8 Å². The topological polar surface area (TPSA) is 145 Å². The molecule has 12 nitrogen and oxygen atoms in total. The largest absolute Gasteiger partial charge is 0.493 e. The van der Waals surface area contributed by atoms with E-state index in [0.717, 1.165) is 11.1 Å². The number of carbonyl (C=O) groups excluding carboxylic acids is 2. The van der Waals surface area contributed by atoms with Crippen molar-refractivity contribution >= 4 is 23.1 Å². The molecule has 2 aromatic carbocycles. The third-order valence-corrected chi connectivity index (χ3v) is 8.36. The van der Waals surface area contributed by atoms with E-state index in [1.807, 2.05) is 40.9 Å². The molecule has 248 valence electrons. The van der Waals surface area contributed by atoms with Crippen molar-refractivity contribution in [3.05, 3.63) is 75.8 Å². The fourth-order valence-electron chi connectivity index (χ4n) is 6.22. The van der Waals surface area contributed by atoms with Gasteiger partial charge in [0.1, 0.15) is 6.04 Å². The van der Waals surface area contributed by atoms with Crippen molar-refractivity contribution in [1.82, 2.24) is 25.2 Å². The van der Waals surface area contributed by atoms with Crippen LogP contribution in [0, 0.1) is 5.92 Å². The Morgan fingerprint density at radius 3 is 2.45 bits per heavy atom. The first-order valence-electron chi connectivity index (χ1n) is 15.7. The molecule has 4 aromatic rings. The highest BCUT2D eigenvalue weighted by Gasteiger charge is 2.30. The van der Waals surface area contributed by atoms with Gasteiger partial charge in [-0.25, -0.2) is 0 Å². The van der Waals surface area contributed by atoms with E-state index >= 15 is 0 Å². The van der Waals surface area contributed by atoms with Crippen LogP contribution >= 0.6 is 0 Å². The van der Waals surface area contributed by atoms with Gasteiger partial charge in [-0.3, -0.25) is 18.8 Å². The molecule has 0 fully saturated rings. The number of carbonyl (C=O) groups is 2. The summed E-state index contributed by atoms with van der Waals surface area (Å²) in [6.07, 6.45) is 3.65. The van der Waals surface area contributed by atoms with E-state index in [1.54, 1.807) is 27.2 Å². The van der Waals surface area contributed by atoms with Gasteiger partial charge < -0.3 is 30.2 Å². The number of ether oxygens (including phenoxy) is 3. The zero-order valence-electron chi connectivity index (χ0n) is 27.8. The minimum absolute atomic E-state index is 0.215. The van der Waals surface area contributed by atoms with E-state index in [9.17, 15) is 14.4 Å². The van der Waals surface area contributed by atoms with Crippen LogP contribution in [0.1, 0.15) is 69.6 Å². The van der Waals surface area contributed by atoms with E-state index in [1.165, 1.54) is 20.1 Å². The number of amides is 2. The minimum Gasteiger partial charge on any atom is -0.493 e. The standard InChI is InChI=1S/C35H42N6O6/c1-19(2)16-27(34-40-39-30-10-8-9-15-41(30)34)38-35(44)20(3)36-26-14-12-23-24(18-28(26)43)25(37-21(4)42)13-11-22-17-29(45-5)32(46-6)33(47-7)31(22)23/h8-10,12,14-15,17-20,25,27H,11,13,16H2,1-7H3,(H,36,43)(H,37,42)(H,38,44)/t20-,25-,27+/m1/s1. The van der Waals surface area contributed by atoms with Crippen molar-refractivity contribution in [2.75, 3.05) is 26.6 Å². The van der Waals surface area contributed by atoms with Crippen molar-refractivity contribution in [2.45, 2.75) is 65.1 Å².